The first-order valence-electron chi connectivity index (χ1n) is 33.3. The summed E-state index contributed by atoms with van der Waals surface area (Å²) >= 11 is 0. The molecule has 1 spiro atoms. The predicted molar refractivity (Wildman–Crippen MR) is 327 cm³/mol. The maximum absolute atomic E-state index is 15.7. The number of ether oxygens (including phenoxy) is 13. The minimum Gasteiger partial charge on any atom is -0.600 e. The monoisotopic (exact) mass is 1320 g/mol. The highest BCUT2D eigenvalue weighted by Gasteiger charge is 2.64. The zero-order chi connectivity index (χ0) is 67.7. The molecule has 6 saturated heterocycles. The third kappa shape index (κ3) is 13.9. The number of esters is 1. The Morgan fingerprint density at radius 3 is 1.92 bits per heavy atom. The second-order valence-corrected chi connectivity index (χ2v) is 28.7. The lowest BCUT2D eigenvalue weighted by atomic mass is 9.49. The summed E-state index contributed by atoms with van der Waals surface area (Å²) in [5.41, 5.74) is -3.22. The van der Waals surface area contributed by atoms with Gasteiger partial charge in [0, 0.05) is 62.4 Å². The number of methoxy groups -OCH3 is 2. The average molecular weight is 1320 g/mol. The number of Topliss-reactive ketones (excluding diaryl/α,β-unsaturated/α-hetero) is 1. The lowest BCUT2D eigenvalue weighted by molar-refractivity contribution is -1.09. The number of aliphatic hydroxyl groups excluding tert-OH is 6. The molecule has 3 unspecified atom stereocenters. The standard InChI is InChI=1S/C67H102N2O24/c1-29-15-18-45(88-52-27-65(11,69(79)80)60(38(10)87-52)68-64(78)82-14)30(2)20-40-21-39(28-70)33(5)26-67(40)62(76)53(63(77)93-67)61(75)66(12)42(29)17-16-41-54(66)31(3)19-32(4)57(41)91-51-24-46(56(74)35(7)84-51)89-50-25-47(90-48-22-43(71)55(73)34(6)83-48)59(37(9)86-50)92-49-23-44(72)58(81-13)36(8)85-49/h15-17,20-21,31-38,40-52,54-60,69-75,79H,18-19,22-28H2,1-14H3,(H,68,78)/b29-15+,30-20+,61-53+/t31-,32-,33+,34-,35-,36-,37-,38+,40+,41-,42-,43-,44+,45-,46+,47?,48-,49+,50-,51-,52-,54+,55-,56-,57-,58-,59?,60-,65-,66+,67-/m0/s1. The fourth-order valence-electron chi connectivity index (χ4n) is 17.3. The number of carbonyl (C=O) groups excluding carboxylic acids is 3. The number of hydroxylamine groups is 2. The summed E-state index contributed by atoms with van der Waals surface area (Å²) < 4.78 is 82.1. The SMILES string of the molecule is COC(=O)N[C@H]1[C@@H](C)O[C@@H](O[C@H]2C/C=C(\C)[C@@H]3C=C[C@@H]4[C@@H](O[C@H]5C[C@@H](O[C@H]6CC(O[C@H]7C[C@H](O)[C@@H](O)[C@H](C)O7)C(O[C@@H]7C[C@@H](O)[C@@H](OC)[C@H](C)O7)[C@H](C)O6)[C@@H](O)[C@H](C)O5)[C@@H](C)C[C@H](C)[C@H]4[C@]3(C)/C(O)=C3\C(=O)O[C@]4(C[C@@H](C)C(CO)=C[C@H]4/C=C/2C)C3=O)C[C@]1(C)[NH+]([O-])O. The van der Waals surface area contributed by atoms with Crippen LogP contribution in [0.15, 0.2) is 58.4 Å². The Kier molecular flexibility index (Phi) is 22.1. The number of quaternary nitrogens is 1. The van der Waals surface area contributed by atoms with E-state index in [-0.39, 0.29) is 63.4 Å². The van der Waals surface area contributed by atoms with Crippen molar-refractivity contribution in [1.29, 1.82) is 0 Å². The van der Waals surface area contributed by atoms with Crippen LogP contribution < -0.4 is 10.5 Å². The van der Waals surface area contributed by atoms with Gasteiger partial charge in [0.25, 0.3) is 0 Å². The molecule has 1 amide bonds. The van der Waals surface area contributed by atoms with Gasteiger partial charge < -0.3 is 103 Å². The van der Waals surface area contributed by atoms with Gasteiger partial charge in [-0.15, -0.1) is 0 Å². The van der Waals surface area contributed by atoms with E-state index in [1.807, 2.05) is 39.8 Å². The highest BCUT2D eigenvalue weighted by molar-refractivity contribution is 6.26. The number of amides is 1. The van der Waals surface area contributed by atoms with Gasteiger partial charge in [-0.1, -0.05) is 63.6 Å². The van der Waals surface area contributed by atoms with Crippen molar-refractivity contribution in [2.75, 3.05) is 20.8 Å². The number of ketones is 1. The van der Waals surface area contributed by atoms with Crippen molar-refractivity contribution >= 4 is 17.8 Å². The summed E-state index contributed by atoms with van der Waals surface area (Å²) in [5.74, 6) is -5.24. The molecule has 2 bridgehead atoms. The van der Waals surface area contributed by atoms with Crippen molar-refractivity contribution in [3.8, 4) is 0 Å². The largest absolute Gasteiger partial charge is 0.600 e. The van der Waals surface area contributed by atoms with Crippen molar-refractivity contribution in [2.45, 2.75) is 275 Å². The highest BCUT2D eigenvalue weighted by atomic mass is 16.8. The van der Waals surface area contributed by atoms with Gasteiger partial charge in [0.05, 0.1) is 87.3 Å². The van der Waals surface area contributed by atoms with Crippen LogP contribution in [0.25, 0.3) is 0 Å². The summed E-state index contributed by atoms with van der Waals surface area (Å²) in [7, 11) is 2.69. The zero-order valence-corrected chi connectivity index (χ0v) is 56.0. The molecule has 6 aliphatic heterocycles. The fraction of sp³-hybridized carbons (Fsp3) is 0.806. The molecule has 26 heteroatoms. The number of alkyl carbamates (subject to hydrolysis) is 1. The van der Waals surface area contributed by atoms with E-state index in [1.54, 1.807) is 46.8 Å². The van der Waals surface area contributed by atoms with Gasteiger partial charge >= 0.3 is 12.1 Å². The molecular formula is C67H102N2O24. The quantitative estimate of drug-likeness (QED) is 0.0514. The Balaban J connectivity index is 0.942. The zero-order valence-electron chi connectivity index (χ0n) is 56.0. The number of fused-ring (bicyclic) bond motifs is 4. The van der Waals surface area contributed by atoms with Gasteiger partial charge in [0.2, 0.25) is 5.78 Å². The number of rotatable bonds is 14. The molecule has 7 fully saturated rings. The van der Waals surface area contributed by atoms with Crippen molar-refractivity contribution in [3.05, 3.63) is 63.6 Å². The van der Waals surface area contributed by atoms with Crippen LogP contribution in [-0.2, 0) is 71.2 Å². The Labute approximate surface area is 544 Å². The van der Waals surface area contributed by atoms with Crippen LogP contribution in [0.4, 0.5) is 4.79 Å². The maximum atomic E-state index is 15.7. The predicted octanol–water partition coefficient (Wildman–Crippen LogP) is 3.95. The fourth-order valence-corrected chi connectivity index (χ4v) is 17.3. The normalized spacial score (nSPS) is 50.3. The van der Waals surface area contributed by atoms with E-state index in [4.69, 9.17) is 61.6 Å². The lowest BCUT2D eigenvalue weighted by Gasteiger charge is -2.56. The second-order valence-electron chi connectivity index (χ2n) is 28.7. The molecule has 0 aromatic rings. The molecule has 0 radical (unpaired) electrons. The maximum Gasteiger partial charge on any atom is 0.407 e. The van der Waals surface area contributed by atoms with E-state index in [9.17, 15) is 50.6 Å². The highest BCUT2D eigenvalue weighted by Crippen LogP contribution is 2.61. The molecule has 524 valence electrons. The molecule has 32 atom stereocenters. The second kappa shape index (κ2) is 28.5. The Morgan fingerprint density at radius 1 is 0.688 bits per heavy atom. The minimum atomic E-state index is -1.83. The third-order valence-electron chi connectivity index (χ3n) is 22.4. The van der Waals surface area contributed by atoms with Gasteiger partial charge in [-0.2, -0.15) is 0 Å². The van der Waals surface area contributed by atoms with E-state index in [0.29, 0.717) is 17.6 Å². The molecule has 0 aromatic heterocycles. The molecule has 10 aliphatic rings. The molecule has 10 rings (SSSR count). The summed E-state index contributed by atoms with van der Waals surface area (Å²) in [6.07, 6.45) is -7.60. The summed E-state index contributed by atoms with van der Waals surface area (Å²) in [6, 6.07) is -0.994. The van der Waals surface area contributed by atoms with Gasteiger partial charge in [-0.25, -0.2) is 20.0 Å². The molecule has 6 heterocycles. The molecule has 1 saturated carbocycles. The van der Waals surface area contributed by atoms with Gasteiger partial charge in [0.15, 0.2) is 42.6 Å². The first-order valence-corrected chi connectivity index (χ1v) is 33.3. The Bertz CT molecular complexity index is 2830. The van der Waals surface area contributed by atoms with E-state index < -0.39 is 210 Å². The first kappa shape index (κ1) is 71.9. The van der Waals surface area contributed by atoms with E-state index in [1.165, 1.54) is 21.1 Å². The minimum absolute atomic E-state index is 0.000292. The van der Waals surface area contributed by atoms with Crippen LogP contribution in [-0.4, -0.2) is 215 Å². The molecule has 9 N–H and O–H groups in total. The van der Waals surface area contributed by atoms with Crippen molar-refractivity contribution < 1.29 is 117 Å². The van der Waals surface area contributed by atoms with Crippen LogP contribution >= 0.6 is 0 Å². The lowest BCUT2D eigenvalue weighted by Crippen LogP contribution is -3.17. The topological polar surface area (TPSA) is 352 Å². The summed E-state index contributed by atoms with van der Waals surface area (Å²) in [4.78, 5) is 43.0. The summed E-state index contributed by atoms with van der Waals surface area (Å²) in [5, 5.41) is 93.4. The van der Waals surface area contributed by atoms with Crippen LogP contribution in [0.2, 0.25) is 0 Å². The third-order valence-corrected chi connectivity index (χ3v) is 22.4. The Hall–Kier alpha value is -3.85. The smallest absolute Gasteiger partial charge is 0.407 e. The van der Waals surface area contributed by atoms with E-state index >= 15 is 4.79 Å². The van der Waals surface area contributed by atoms with Crippen LogP contribution in [0, 0.1) is 52.0 Å². The van der Waals surface area contributed by atoms with Gasteiger partial charge in [0.1, 0.15) is 41.8 Å². The van der Waals surface area contributed by atoms with Crippen LogP contribution in [0.3, 0.4) is 0 Å². The number of hydrogen-bond donors (Lipinski definition) is 9. The van der Waals surface area contributed by atoms with Gasteiger partial charge in [-0.05, 0) is 103 Å². The number of nitrogens with one attached hydrogen (secondary N) is 2. The number of carbonyl (C=O) groups is 3. The van der Waals surface area contributed by atoms with E-state index in [0.717, 1.165) is 5.57 Å². The van der Waals surface area contributed by atoms with Crippen LogP contribution in [0.1, 0.15) is 134 Å². The first-order chi connectivity index (χ1) is 43.9. The molecule has 0 aromatic carbocycles. The number of aliphatic hydroxyl groups is 6. The molecular weight excluding hydrogens is 1220 g/mol. The molecule has 4 aliphatic carbocycles. The summed E-state index contributed by atoms with van der Waals surface area (Å²) in [6.45, 7) is 21.4. The Morgan fingerprint density at radius 2 is 1.28 bits per heavy atom. The van der Waals surface area contributed by atoms with Crippen molar-refractivity contribution in [2.24, 2.45) is 46.8 Å². The van der Waals surface area contributed by atoms with Crippen molar-refractivity contribution in [1.82, 2.24) is 5.32 Å². The number of allylic oxidation sites excluding steroid dienone is 3. The molecule has 26 nitrogen and oxygen atoms in total. The number of hydrogen-bond acceptors (Lipinski definition) is 24. The van der Waals surface area contributed by atoms with Crippen LogP contribution in [0.5, 0.6) is 0 Å². The molecule has 93 heavy (non-hydrogen) atoms. The van der Waals surface area contributed by atoms with Gasteiger partial charge in [-0.3, -0.25) is 4.79 Å². The van der Waals surface area contributed by atoms with E-state index in [2.05, 4.69) is 25.2 Å². The average Bonchev–Trinajstić information content (AvgIpc) is 1.70. The van der Waals surface area contributed by atoms with Crippen molar-refractivity contribution in [3.63, 3.8) is 0 Å².